The van der Waals surface area contributed by atoms with Crippen LogP contribution in [0.25, 0.3) is 0 Å². The van der Waals surface area contributed by atoms with E-state index in [0.29, 0.717) is 19.1 Å². The van der Waals surface area contributed by atoms with E-state index in [2.05, 4.69) is 15.3 Å². The molecular weight excluding hydrogens is 244 g/mol. The number of hydrogen-bond donors (Lipinski definition) is 1. The number of likely N-dealkylation sites (tertiary alicyclic amines) is 1. The molecule has 6 nitrogen and oxygen atoms in total. The molecule has 6 heteroatoms. The zero-order valence-electron chi connectivity index (χ0n) is 11.4. The lowest BCUT2D eigenvalue weighted by atomic mass is 10.1. The van der Waals surface area contributed by atoms with E-state index in [-0.39, 0.29) is 18.2 Å². The summed E-state index contributed by atoms with van der Waals surface area (Å²) in [6, 6.07) is 2.34. The van der Waals surface area contributed by atoms with Crippen LogP contribution in [0.2, 0.25) is 0 Å². The highest BCUT2D eigenvalue weighted by Gasteiger charge is 2.24. The molecule has 0 spiro atoms. The lowest BCUT2D eigenvalue weighted by molar-refractivity contribution is 0.103. The molecule has 19 heavy (non-hydrogen) atoms. The van der Waals surface area contributed by atoms with Crippen LogP contribution in [0.1, 0.15) is 26.7 Å². The Bertz CT molecular complexity index is 402. The van der Waals surface area contributed by atoms with Gasteiger partial charge in [-0.2, -0.15) is 0 Å². The Kier molecular flexibility index (Phi) is 4.54. The van der Waals surface area contributed by atoms with Crippen molar-refractivity contribution in [2.24, 2.45) is 0 Å². The van der Waals surface area contributed by atoms with Crippen LogP contribution in [0.15, 0.2) is 18.5 Å². The van der Waals surface area contributed by atoms with Crippen LogP contribution < -0.4 is 10.1 Å². The van der Waals surface area contributed by atoms with Crippen molar-refractivity contribution in [1.29, 1.82) is 0 Å². The Morgan fingerprint density at radius 2 is 2.00 bits per heavy atom. The highest BCUT2D eigenvalue weighted by molar-refractivity contribution is 5.74. The number of ether oxygens (including phenoxy) is 1. The van der Waals surface area contributed by atoms with Crippen molar-refractivity contribution < 1.29 is 9.53 Å². The topological polar surface area (TPSA) is 67.4 Å². The molecular formula is C13H20N4O2. The van der Waals surface area contributed by atoms with Gasteiger partial charge in [-0.3, -0.25) is 0 Å². The van der Waals surface area contributed by atoms with E-state index in [1.54, 1.807) is 18.5 Å². The largest absolute Gasteiger partial charge is 0.460 e. The average Bonchev–Trinajstić information content (AvgIpc) is 2.40. The summed E-state index contributed by atoms with van der Waals surface area (Å²) in [5.74, 6) is 0. The molecule has 2 rings (SSSR count). The molecule has 104 valence electrons. The van der Waals surface area contributed by atoms with E-state index in [4.69, 9.17) is 4.74 Å². The summed E-state index contributed by atoms with van der Waals surface area (Å²) >= 11 is 0. The van der Waals surface area contributed by atoms with Gasteiger partial charge in [-0.25, -0.2) is 14.8 Å². The van der Waals surface area contributed by atoms with Crippen LogP contribution in [0.4, 0.5) is 4.79 Å². The molecule has 1 N–H and O–H groups in total. The number of carbonyl (C=O) groups excluding carboxylic acids is 1. The number of nitrogens with zero attached hydrogens (tertiary/aromatic N) is 3. The summed E-state index contributed by atoms with van der Waals surface area (Å²) in [5.41, 5.74) is 0. The minimum Gasteiger partial charge on any atom is -0.460 e. The van der Waals surface area contributed by atoms with E-state index in [9.17, 15) is 4.79 Å². The smallest absolute Gasteiger partial charge is 0.317 e. The fraction of sp³-hybridized carbons (Fsp3) is 0.615. The second-order valence-electron chi connectivity index (χ2n) is 4.94. The van der Waals surface area contributed by atoms with Gasteiger partial charge in [0.25, 0.3) is 0 Å². The Morgan fingerprint density at radius 1 is 1.37 bits per heavy atom. The first-order chi connectivity index (χ1) is 9.15. The van der Waals surface area contributed by atoms with Gasteiger partial charge in [-0.15, -0.1) is 0 Å². The average molecular weight is 264 g/mol. The van der Waals surface area contributed by atoms with Crippen LogP contribution >= 0.6 is 0 Å². The quantitative estimate of drug-likeness (QED) is 0.897. The van der Waals surface area contributed by atoms with Crippen molar-refractivity contribution >= 4 is 6.03 Å². The number of aromatic nitrogens is 2. The highest BCUT2D eigenvalue weighted by atomic mass is 16.5. The number of nitrogens with one attached hydrogen (secondary N) is 1. The van der Waals surface area contributed by atoms with Gasteiger partial charge in [0.1, 0.15) is 6.10 Å². The lowest BCUT2D eigenvalue weighted by Crippen LogP contribution is -2.48. The molecule has 1 fully saturated rings. The summed E-state index contributed by atoms with van der Waals surface area (Å²) in [7, 11) is 0. The predicted molar refractivity (Wildman–Crippen MR) is 70.9 cm³/mol. The van der Waals surface area contributed by atoms with E-state index >= 15 is 0 Å². The molecule has 0 aromatic carbocycles. The van der Waals surface area contributed by atoms with E-state index in [1.807, 2.05) is 18.7 Å². The van der Waals surface area contributed by atoms with E-state index in [1.165, 1.54) is 0 Å². The number of piperidine rings is 1. The number of hydrogen-bond acceptors (Lipinski definition) is 4. The van der Waals surface area contributed by atoms with Crippen LogP contribution in [-0.2, 0) is 0 Å². The zero-order valence-corrected chi connectivity index (χ0v) is 11.4. The molecule has 1 aromatic heterocycles. The van der Waals surface area contributed by atoms with Gasteiger partial charge in [-0.1, -0.05) is 0 Å². The predicted octanol–water partition coefficient (Wildman–Crippen LogP) is 1.44. The fourth-order valence-corrected chi connectivity index (χ4v) is 2.01. The van der Waals surface area contributed by atoms with Crippen molar-refractivity contribution in [3.05, 3.63) is 18.5 Å². The normalized spacial score (nSPS) is 16.5. The molecule has 0 saturated carbocycles. The SMILES string of the molecule is CC(C)NC(=O)N1CCC(Oc2ncccn2)CC1. The highest BCUT2D eigenvalue weighted by Crippen LogP contribution is 2.15. The molecule has 2 heterocycles. The molecule has 1 aromatic rings. The van der Waals surface area contributed by atoms with Gasteiger partial charge in [-0.05, 0) is 19.9 Å². The molecule has 1 saturated heterocycles. The lowest BCUT2D eigenvalue weighted by Gasteiger charge is -2.32. The second kappa shape index (κ2) is 6.36. The van der Waals surface area contributed by atoms with Crippen molar-refractivity contribution in [2.45, 2.75) is 38.8 Å². The Labute approximate surface area is 113 Å². The van der Waals surface area contributed by atoms with Gasteiger partial charge in [0, 0.05) is 44.4 Å². The van der Waals surface area contributed by atoms with Gasteiger partial charge < -0.3 is 15.0 Å². The number of urea groups is 1. The molecule has 0 atom stereocenters. The molecule has 0 unspecified atom stereocenters. The first kappa shape index (κ1) is 13.6. The minimum absolute atomic E-state index is 0.00408. The number of carbonyl (C=O) groups is 1. The first-order valence-corrected chi connectivity index (χ1v) is 6.64. The van der Waals surface area contributed by atoms with Gasteiger partial charge in [0.15, 0.2) is 0 Å². The third-order valence-electron chi connectivity index (χ3n) is 2.96. The summed E-state index contributed by atoms with van der Waals surface area (Å²) in [6.45, 7) is 5.33. The molecule has 0 radical (unpaired) electrons. The monoisotopic (exact) mass is 264 g/mol. The van der Waals surface area contributed by atoms with E-state index < -0.39 is 0 Å². The maximum atomic E-state index is 11.8. The van der Waals surface area contributed by atoms with Crippen molar-refractivity contribution in [1.82, 2.24) is 20.2 Å². The maximum Gasteiger partial charge on any atom is 0.317 e. The van der Waals surface area contributed by atoms with Crippen LogP contribution in [0.3, 0.4) is 0 Å². The molecule has 1 aliphatic rings. The number of rotatable bonds is 3. The fourth-order valence-electron chi connectivity index (χ4n) is 2.01. The third-order valence-corrected chi connectivity index (χ3v) is 2.96. The van der Waals surface area contributed by atoms with Gasteiger partial charge in [0.05, 0.1) is 0 Å². The van der Waals surface area contributed by atoms with Crippen molar-refractivity contribution in [3.63, 3.8) is 0 Å². The van der Waals surface area contributed by atoms with Crippen LogP contribution in [0, 0.1) is 0 Å². The van der Waals surface area contributed by atoms with Crippen molar-refractivity contribution in [2.75, 3.05) is 13.1 Å². The Balaban J connectivity index is 1.78. The number of amides is 2. The maximum absolute atomic E-state index is 11.8. The molecule has 0 bridgehead atoms. The summed E-state index contributed by atoms with van der Waals surface area (Å²) in [4.78, 5) is 21.7. The molecule has 2 amide bonds. The third kappa shape index (κ3) is 4.08. The first-order valence-electron chi connectivity index (χ1n) is 6.64. The van der Waals surface area contributed by atoms with Crippen LogP contribution in [0.5, 0.6) is 6.01 Å². The van der Waals surface area contributed by atoms with E-state index in [0.717, 1.165) is 12.8 Å². The Hall–Kier alpha value is -1.85. The standard InChI is InChI=1S/C13H20N4O2/c1-10(2)16-13(18)17-8-4-11(5-9-17)19-12-14-6-3-7-15-12/h3,6-7,10-11H,4-5,8-9H2,1-2H3,(H,16,18). The van der Waals surface area contributed by atoms with Gasteiger partial charge in [0.2, 0.25) is 0 Å². The second-order valence-corrected chi connectivity index (χ2v) is 4.94. The van der Waals surface area contributed by atoms with Crippen LogP contribution in [-0.4, -0.2) is 46.1 Å². The molecule has 0 aliphatic carbocycles. The zero-order chi connectivity index (χ0) is 13.7. The Morgan fingerprint density at radius 3 is 2.58 bits per heavy atom. The summed E-state index contributed by atoms with van der Waals surface area (Å²) in [6.07, 6.45) is 5.03. The molecule has 1 aliphatic heterocycles. The summed E-state index contributed by atoms with van der Waals surface area (Å²) in [5, 5.41) is 2.90. The van der Waals surface area contributed by atoms with Crippen molar-refractivity contribution in [3.8, 4) is 6.01 Å². The minimum atomic E-state index is 0.00408. The summed E-state index contributed by atoms with van der Waals surface area (Å²) < 4.78 is 5.68. The van der Waals surface area contributed by atoms with Gasteiger partial charge >= 0.3 is 12.0 Å².